The second-order valence-corrected chi connectivity index (χ2v) is 7.26. The number of likely N-dealkylation sites (tertiary alicyclic amines) is 1. The number of thiophene rings is 1. The van der Waals surface area contributed by atoms with Gasteiger partial charge in [-0.05, 0) is 30.7 Å². The van der Waals surface area contributed by atoms with Crippen LogP contribution >= 0.6 is 11.3 Å². The number of carbonyl (C=O) groups is 4. The molecule has 2 heterocycles. The van der Waals surface area contributed by atoms with Crippen LogP contribution in [0.5, 0.6) is 0 Å². The maximum Gasteiger partial charge on any atom is 0.321 e. The van der Waals surface area contributed by atoms with E-state index < -0.39 is 24.5 Å². The molecule has 1 aliphatic rings. The van der Waals surface area contributed by atoms with E-state index in [-0.39, 0.29) is 11.8 Å². The third-order valence-corrected chi connectivity index (χ3v) is 5.12. The number of imide groups is 1. The quantitative estimate of drug-likeness (QED) is 0.541. The Kier molecular flexibility index (Phi) is 8.25. The smallest absolute Gasteiger partial charge is 0.321 e. The summed E-state index contributed by atoms with van der Waals surface area (Å²) >= 11 is 1.39. The van der Waals surface area contributed by atoms with E-state index in [1.165, 1.54) is 11.3 Å². The molecule has 0 atom stereocenters. The number of carbonyl (C=O) groups excluding carboxylic acids is 4. The summed E-state index contributed by atoms with van der Waals surface area (Å²) in [4.78, 5) is 49.9. The molecule has 9 heteroatoms. The molecule has 0 radical (unpaired) electrons. The molecule has 1 fully saturated rings. The fraction of sp³-hybridized carbons (Fsp3) is 0.556. The molecule has 0 aliphatic carbocycles. The van der Waals surface area contributed by atoms with Gasteiger partial charge in [-0.25, -0.2) is 4.79 Å². The first kappa shape index (κ1) is 20.9. The van der Waals surface area contributed by atoms with E-state index >= 15 is 0 Å². The number of amides is 4. The second-order valence-electron chi connectivity index (χ2n) is 6.31. The maximum absolute atomic E-state index is 12.3. The van der Waals surface area contributed by atoms with Crippen LogP contribution in [0.2, 0.25) is 0 Å². The normalized spacial score (nSPS) is 14.5. The summed E-state index contributed by atoms with van der Waals surface area (Å²) in [6.45, 7) is 2.93. The SMILES string of the molecule is CCCCNC(=O)NC(=O)COC(=O)C1CCN(C(=O)c2cccs2)CC1. The minimum absolute atomic E-state index is 0.0229. The van der Waals surface area contributed by atoms with Crippen molar-refractivity contribution < 1.29 is 23.9 Å². The molecule has 2 rings (SSSR count). The average Bonchev–Trinajstić information content (AvgIpc) is 3.20. The van der Waals surface area contributed by atoms with Gasteiger partial charge in [0, 0.05) is 19.6 Å². The van der Waals surface area contributed by atoms with Crippen LogP contribution in [0.1, 0.15) is 42.3 Å². The van der Waals surface area contributed by atoms with Crippen LogP contribution in [0.3, 0.4) is 0 Å². The van der Waals surface area contributed by atoms with Gasteiger partial charge < -0.3 is 15.0 Å². The minimum atomic E-state index is -0.664. The van der Waals surface area contributed by atoms with Crippen molar-refractivity contribution in [2.24, 2.45) is 5.92 Å². The summed E-state index contributed by atoms with van der Waals surface area (Å²) in [5, 5.41) is 6.51. The molecular weight excluding hydrogens is 370 g/mol. The largest absolute Gasteiger partial charge is 0.455 e. The minimum Gasteiger partial charge on any atom is -0.455 e. The number of piperidine rings is 1. The summed E-state index contributed by atoms with van der Waals surface area (Å²) < 4.78 is 5.01. The fourth-order valence-corrected chi connectivity index (χ4v) is 3.41. The number of hydrogen-bond acceptors (Lipinski definition) is 6. The van der Waals surface area contributed by atoms with Crippen molar-refractivity contribution in [3.05, 3.63) is 22.4 Å². The summed E-state index contributed by atoms with van der Waals surface area (Å²) in [5.74, 6) is -1.50. The standard InChI is InChI=1S/C18H25N3O5S/c1-2-3-8-19-18(25)20-15(22)12-26-17(24)13-6-9-21(10-7-13)16(23)14-5-4-11-27-14/h4-5,11,13H,2-3,6-10,12H2,1H3,(H2,19,20,22,25). The van der Waals surface area contributed by atoms with E-state index in [2.05, 4.69) is 10.6 Å². The van der Waals surface area contributed by atoms with E-state index in [9.17, 15) is 19.2 Å². The number of ether oxygens (including phenoxy) is 1. The van der Waals surface area contributed by atoms with Gasteiger partial charge in [-0.2, -0.15) is 0 Å². The first-order valence-electron chi connectivity index (χ1n) is 9.08. The number of unbranched alkanes of at least 4 members (excludes halogenated alkanes) is 1. The number of nitrogens with one attached hydrogen (secondary N) is 2. The molecule has 8 nitrogen and oxygen atoms in total. The lowest BCUT2D eigenvalue weighted by molar-refractivity contribution is -0.153. The van der Waals surface area contributed by atoms with Crippen molar-refractivity contribution in [3.8, 4) is 0 Å². The van der Waals surface area contributed by atoms with Crippen molar-refractivity contribution in [2.45, 2.75) is 32.6 Å². The summed E-state index contributed by atoms with van der Waals surface area (Å²) in [7, 11) is 0. The Labute approximate surface area is 162 Å². The lowest BCUT2D eigenvalue weighted by Gasteiger charge is -2.30. The first-order chi connectivity index (χ1) is 13.0. The molecule has 1 aliphatic heterocycles. The van der Waals surface area contributed by atoms with Gasteiger partial charge in [0.15, 0.2) is 6.61 Å². The van der Waals surface area contributed by atoms with E-state index in [0.717, 1.165) is 12.8 Å². The Morgan fingerprint density at radius 1 is 1.26 bits per heavy atom. The lowest BCUT2D eigenvalue weighted by atomic mass is 9.97. The molecular formula is C18H25N3O5S. The second kappa shape index (κ2) is 10.7. The van der Waals surface area contributed by atoms with Crippen LogP contribution in [0.4, 0.5) is 4.79 Å². The summed E-state index contributed by atoms with van der Waals surface area (Å²) in [5.41, 5.74) is 0. The molecule has 0 bridgehead atoms. The summed E-state index contributed by atoms with van der Waals surface area (Å²) in [6.07, 6.45) is 2.75. The number of nitrogens with zero attached hydrogens (tertiary/aromatic N) is 1. The third-order valence-electron chi connectivity index (χ3n) is 4.26. The van der Waals surface area contributed by atoms with E-state index in [4.69, 9.17) is 4.74 Å². The number of rotatable bonds is 7. The van der Waals surface area contributed by atoms with Gasteiger partial charge in [-0.1, -0.05) is 19.4 Å². The van der Waals surface area contributed by atoms with Gasteiger partial charge in [0.05, 0.1) is 10.8 Å². The molecule has 1 aromatic rings. The maximum atomic E-state index is 12.3. The first-order valence-corrected chi connectivity index (χ1v) is 9.96. The van der Waals surface area contributed by atoms with Gasteiger partial charge >= 0.3 is 12.0 Å². The zero-order valence-electron chi connectivity index (χ0n) is 15.4. The molecule has 27 heavy (non-hydrogen) atoms. The Morgan fingerprint density at radius 2 is 2.00 bits per heavy atom. The zero-order chi connectivity index (χ0) is 19.6. The van der Waals surface area contributed by atoms with Crippen molar-refractivity contribution in [3.63, 3.8) is 0 Å². The van der Waals surface area contributed by atoms with Crippen molar-refractivity contribution in [2.75, 3.05) is 26.2 Å². The van der Waals surface area contributed by atoms with Crippen LogP contribution in [-0.2, 0) is 14.3 Å². The van der Waals surface area contributed by atoms with Gasteiger partial charge in [-0.15, -0.1) is 11.3 Å². The Bertz CT molecular complexity index is 654. The van der Waals surface area contributed by atoms with Gasteiger partial charge in [0.2, 0.25) is 0 Å². The third kappa shape index (κ3) is 6.67. The highest BCUT2D eigenvalue weighted by molar-refractivity contribution is 7.12. The van der Waals surface area contributed by atoms with E-state index in [0.29, 0.717) is 37.4 Å². The Hall–Kier alpha value is -2.42. The topological polar surface area (TPSA) is 105 Å². The number of urea groups is 1. The molecule has 4 amide bonds. The van der Waals surface area contributed by atoms with Gasteiger partial charge in [0.25, 0.3) is 11.8 Å². The van der Waals surface area contributed by atoms with E-state index in [1.54, 1.807) is 11.0 Å². The summed E-state index contributed by atoms with van der Waals surface area (Å²) in [6, 6.07) is 3.02. The molecule has 0 spiro atoms. The average molecular weight is 395 g/mol. The van der Waals surface area contributed by atoms with Gasteiger partial charge in [0.1, 0.15) is 0 Å². The highest BCUT2D eigenvalue weighted by Gasteiger charge is 2.29. The van der Waals surface area contributed by atoms with Crippen LogP contribution in [-0.4, -0.2) is 55.0 Å². The molecule has 0 aromatic carbocycles. The molecule has 0 unspecified atom stereocenters. The highest BCUT2D eigenvalue weighted by Crippen LogP contribution is 2.21. The molecule has 0 saturated carbocycles. The van der Waals surface area contributed by atoms with Gasteiger partial charge in [-0.3, -0.25) is 19.7 Å². The predicted molar refractivity (Wildman–Crippen MR) is 100 cm³/mol. The zero-order valence-corrected chi connectivity index (χ0v) is 16.2. The fourth-order valence-electron chi connectivity index (χ4n) is 2.71. The van der Waals surface area contributed by atoms with Crippen LogP contribution in [0.25, 0.3) is 0 Å². The Morgan fingerprint density at radius 3 is 2.63 bits per heavy atom. The molecule has 1 saturated heterocycles. The monoisotopic (exact) mass is 395 g/mol. The van der Waals surface area contributed by atoms with Crippen LogP contribution in [0.15, 0.2) is 17.5 Å². The van der Waals surface area contributed by atoms with Crippen molar-refractivity contribution >= 4 is 35.2 Å². The number of esters is 1. The number of hydrogen-bond donors (Lipinski definition) is 2. The van der Waals surface area contributed by atoms with Crippen LogP contribution < -0.4 is 10.6 Å². The van der Waals surface area contributed by atoms with E-state index in [1.807, 2.05) is 18.4 Å². The van der Waals surface area contributed by atoms with Crippen LogP contribution in [0, 0.1) is 5.92 Å². The van der Waals surface area contributed by atoms with Crippen molar-refractivity contribution in [1.29, 1.82) is 0 Å². The highest BCUT2D eigenvalue weighted by atomic mass is 32.1. The molecule has 148 valence electrons. The predicted octanol–water partition coefficient (Wildman–Crippen LogP) is 1.77. The lowest BCUT2D eigenvalue weighted by Crippen LogP contribution is -2.43. The molecule has 2 N–H and O–H groups in total. The Balaban J connectivity index is 1.66. The molecule has 1 aromatic heterocycles. The van der Waals surface area contributed by atoms with Crippen molar-refractivity contribution in [1.82, 2.24) is 15.5 Å².